The van der Waals surface area contributed by atoms with E-state index in [0.717, 1.165) is 17.2 Å². The van der Waals surface area contributed by atoms with Crippen LogP contribution in [-0.2, 0) is 0 Å². The van der Waals surface area contributed by atoms with E-state index in [1.54, 1.807) is 0 Å². The van der Waals surface area contributed by atoms with Gasteiger partial charge in [0.05, 0.1) is 0 Å². The van der Waals surface area contributed by atoms with Crippen molar-refractivity contribution in [3.8, 4) is 0 Å². The fourth-order valence-electron chi connectivity index (χ4n) is 1.90. The Morgan fingerprint density at radius 3 is 3.20 bits per heavy atom. The molecule has 2 saturated heterocycles. The predicted octanol–water partition coefficient (Wildman–Crippen LogP) is 1.61. The highest BCUT2D eigenvalue weighted by Crippen LogP contribution is 2.38. The van der Waals surface area contributed by atoms with E-state index in [9.17, 15) is 0 Å². The second-order valence-electron chi connectivity index (χ2n) is 3.28. The van der Waals surface area contributed by atoms with E-state index < -0.39 is 0 Å². The summed E-state index contributed by atoms with van der Waals surface area (Å²) in [5.41, 5.74) is 1.25. The van der Waals surface area contributed by atoms with Crippen molar-refractivity contribution >= 4 is 11.8 Å². The molecule has 0 spiro atoms. The monoisotopic (exact) mass is 155 g/mol. The van der Waals surface area contributed by atoms with Gasteiger partial charge in [-0.15, -0.1) is 0 Å². The molecule has 2 fully saturated rings. The van der Waals surface area contributed by atoms with Crippen LogP contribution >= 0.6 is 11.8 Å². The van der Waals surface area contributed by atoms with Gasteiger partial charge in [0, 0.05) is 17.0 Å². The topological polar surface area (TPSA) is 12.0 Å². The zero-order valence-electron chi connectivity index (χ0n) is 6.26. The molecule has 2 heterocycles. The minimum atomic E-state index is 0.734. The smallest absolute Gasteiger partial charge is 0.0413 e. The molecule has 2 heteroatoms. The zero-order chi connectivity index (χ0) is 7.14. The number of nitrogens with one attached hydrogen (secondary N) is 1. The first-order valence-corrected chi connectivity index (χ1v) is 4.88. The van der Waals surface area contributed by atoms with E-state index in [1.807, 2.05) is 0 Å². The standard InChI is InChI=1S/C8H13NS/c1-5-3-7-4-10-6(2)8(7)9-5/h6-9H,1,3-4H2,2H3. The molecule has 0 aromatic rings. The van der Waals surface area contributed by atoms with E-state index in [4.69, 9.17) is 0 Å². The molecule has 0 amide bonds. The first-order valence-electron chi connectivity index (χ1n) is 3.83. The van der Waals surface area contributed by atoms with Gasteiger partial charge in [-0.25, -0.2) is 0 Å². The average molecular weight is 155 g/mol. The van der Waals surface area contributed by atoms with Crippen LogP contribution < -0.4 is 5.32 Å². The van der Waals surface area contributed by atoms with Crippen LogP contribution in [0.2, 0.25) is 0 Å². The first-order chi connectivity index (χ1) is 4.77. The van der Waals surface area contributed by atoms with Crippen molar-refractivity contribution < 1.29 is 0 Å². The highest BCUT2D eigenvalue weighted by molar-refractivity contribution is 8.00. The van der Waals surface area contributed by atoms with Crippen LogP contribution in [0.15, 0.2) is 12.3 Å². The number of allylic oxidation sites excluding steroid dienone is 1. The molecule has 0 saturated carbocycles. The Morgan fingerprint density at radius 2 is 2.50 bits per heavy atom. The third-order valence-corrected chi connectivity index (χ3v) is 3.91. The molecular formula is C8H13NS. The second kappa shape index (κ2) is 2.19. The summed E-state index contributed by atoms with van der Waals surface area (Å²) in [5.74, 6) is 2.21. The van der Waals surface area contributed by atoms with Gasteiger partial charge in [-0.3, -0.25) is 0 Å². The van der Waals surface area contributed by atoms with Crippen LogP contribution in [0.5, 0.6) is 0 Å². The van der Waals surface area contributed by atoms with Gasteiger partial charge >= 0.3 is 0 Å². The number of hydrogen-bond donors (Lipinski definition) is 1. The van der Waals surface area contributed by atoms with Crippen LogP contribution in [0, 0.1) is 5.92 Å². The van der Waals surface area contributed by atoms with Crippen molar-refractivity contribution in [1.82, 2.24) is 5.32 Å². The molecule has 0 radical (unpaired) electrons. The fraction of sp³-hybridized carbons (Fsp3) is 0.750. The SMILES string of the molecule is C=C1CC2CSC(C)C2N1. The molecule has 56 valence electrons. The molecule has 1 nitrogen and oxygen atoms in total. The summed E-state index contributed by atoms with van der Waals surface area (Å²) in [5, 5.41) is 4.25. The third-order valence-electron chi connectivity index (χ3n) is 2.47. The summed E-state index contributed by atoms with van der Waals surface area (Å²) in [6.45, 7) is 6.26. The van der Waals surface area contributed by atoms with Gasteiger partial charge in [0.1, 0.15) is 0 Å². The van der Waals surface area contributed by atoms with Crippen molar-refractivity contribution in [2.45, 2.75) is 24.6 Å². The maximum absolute atomic E-state index is 3.95. The molecule has 1 N–H and O–H groups in total. The molecule has 2 rings (SSSR count). The molecule has 0 aromatic heterocycles. The van der Waals surface area contributed by atoms with Crippen molar-refractivity contribution in [3.63, 3.8) is 0 Å². The van der Waals surface area contributed by atoms with Gasteiger partial charge in [-0.05, 0) is 18.1 Å². The molecule has 3 unspecified atom stereocenters. The highest BCUT2D eigenvalue weighted by Gasteiger charge is 2.38. The second-order valence-corrected chi connectivity index (χ2v) is 4.69. The van der Waals surface area contributed by atoms with E-state index in [0.29, 0.717) is 0 Å². The number of hydrogen-bond acceptors (Lipinski definition) is 2. The Labute approximate surface area is 66.3 Å². The van der Waals surface area contributed by atoms with E-state index >= 15 is 0 Å². The van der Waals surface area contributed by atoms with E-state index in [2.05, 4.69) is 30.6 Å². The molecule has 0 aliphatic carbocycles. The lowest BCUT2D eigenvalue weighted by Gasteiger charge is -2.12. The lowest BCUT2D eigenvalue weighted by molar-refractivity contribution is 0.512. The lowest BCUT2D eigenvalue weighted by atomic mass is 10.0. The number of fused-ring (bicyclic) bond motifs is 1. The third kappa shape index (κ3) is 0.858. The molecule has 0 bridgehead atoms. The van der Waals surface area contributed by atoms with Gasteiger partial charge in [0.25, 0.3) is 0 Å². The molecule has 10 heavy (non-hydrogen) atoms. The largest absolute Gasteiger partial charge is 0.385 e. The Bertz CT molecular complexity index is 167. The Morgan fingerprint density at radius 1 is 1.70 bits per heavy atom. The molecule has 3 atom stereocenters. The maximum Gasteiger partial charge on any atom is 0.0413 e. The summed E-state index contributed by atoms with van der Waals surface area (Å²) in [4.78, 5) is 0. The average Bonchev–Trinajstić information content (AvgIpc) is 2.35. The minimum absolute atomic E-state index is 0.734. The summed E-state index contributed by atoms with van der Waals surface area (Å²) >= 11 is 2.09. The van der Waals surface area contributed by atoms with E-state index in [1.165, 1.54) is 17.9 Å². The number of thioether (sulfide) groups is 1. The van der Waals surface area contributed by atoms with Crippen molar-refractivity contribution in [3.05, 3.63) is 12.3 Å². The van der Waals surface area contributed by atoms with Gasteiger partial charge in [-0.1, -0.05) is 13.5 Å². The molecule has 2 aliphatic heterocycles. The first kappa shape index (κ1) is 6.59. The van der Waals surface area contributed by atoms with Gasteiger partial charge < -0.3 is 5.32 Å². The quantitative estimate of drug-likeness (QED) is 0.570. The molecular weight excluding hydrogens is 142 g/mol. The molecule has 2 aliphatic rings. The number of rotatable bonds is 0. The summed E-state index contributed by atoms with van der Waals surface area (Å²) < 4.78 is 0. The van der Waals surface area contributed by atoms with Crippen molar-refractivity contribution in [2.75, 3.05) is 5.75 Å². The predicted molar refractivity (Wildman–Crippen MR) is 46.1 cm³/mol. The Balaban J connectivity index is 2.12. The van der Waals surface area contributed by atoms with Gasteiger partial charge in [0.2, 0.25) is 0 Å². The maximum atomic E-state index is 3.95. The normalized spacial score (nSPS) is 45.3. The molecule has 0 aromatic carbocycles. The van der Waals surface area contributed by atoms with Crippen LogP contribution in [0.4, 0.5) is 0 Å². The van der Waals surface area contributed by atoms with Crippen LogP contribution in [0.3, 0.4) is 0 Å². The van der Waals surface area contributed by atoms with Crippen molar-refractivity contribution in [1.29, 1.82) is 0 Å². The van der Waals surface area contributed by atoms with E-state index in [-0.39, 0.29) is 0 Å². The zero-order valence-corrected chi connectivity index (χ0v) is 7.08. The summed E-state index contributed by atoms with van der Waals surface area (Å²) in [6, 6.07) is 0.734. The van der Waals surface area contributed by atoms with Crippen LogP contribution in [0.25, 0.3) is 0 Å². The van der Waals surface area contributed by atoms with Crippen molar-refractivity contribution in [2.24, 2.45) is 5.92 Å². The fourth-order valence-corrected chi connectivity index (χ4v) is 3.27. The van der Waals surface area contributed by atoms with Crippen LogP contribution in [-0.4, -0.2) is 17.0 Å². The summed E-state index contributed by atoms with van der Waals surface area (Å²) in [7, 11) is 0. The van der Waals surface area contributed by atoms with Gasteiger partial charge in [-0.2, -0.15) is 11.8 Å². The summed E-state index contributed by atoms with van der Waals surface area (Å²) in [6.07, 6.45) is 1.21. The minimum Gasteiger partial charge on any atom is -0.385 e. The highest BCUT2D eigenvalue weighted by atomic mass is 32.2. The Kier molecular flexibility index (Phi) is 1.44. The lowest BCUT2D eigenvalue weighted by Crippen LogP contribution is -2.30. The van der Waals surface area contributed by atoms with Crippen LogP contribution in [0.1, 0.15) is 13.3 Å². The Hall–Kier alpha value is -0.110. The van der Waals surface area contributed by atoms with Gasteiger partial charge in [0.15, 0.2) is 0 Å².